The maximum absolute atomic E-state index is 12.5. The summed E-state index contributed by atoms with van der Waals surface area (Å²) in [5, 5.41) is 9.01. The highest BCUT2D eigenvalue weighted by molar-refractivity contribution is 6.31. The lowest BCUT2D eigenvalue weighted by atomic mass is 10.0. The van der Waals surface area contributed by atoms with Gasteiger partial charge in [0.15, 0.2) is 6.17 Å². The van der Waals surface area contributed by atoms with Crippen molar-refractivity contribution in [1.82, 2.24) is 26.0 Å². The molecule has 0 radical (unpaired) electrons. The summed E-state index contributed by atoms with van der Waals surface area (Å²) < 4.78 is 5.86. The molecule has 34 heavy (non-hydrogen) atoms. The van der Waals surface area contributed by atoms with Crippen molar-refractivity contribution >= 4 is 28.9 Å². The van der Waals surface area contributed by atoms with E-state index in [2.05, 4.69) is 28.0 Å². The maximum Gasteiger partial charge on any atom is 0.251 e. The van der Waals surface area contributed by atoms with Gasteiger partial charge in [0.2, 0.25) is 0 Å². The number of morpholine rings is 1. The minimum absolute atomic E-state index is 0.00437. The average Bonchev–Trinajstić information content (AvgIpc) is 3.52. The molecule has 0 spiro atoms. The molecule has 1 aliphatic carbocycles. The van der Waals surface area contributed by atoms with Gasteiger partial charge in [-0.1, -0.05) is 17.7 Å². The van der Waals surface area contributed by atoms with Gasteiger partial charge < -0.3 is 20.3 Å². The van der Waals surface area contributed by atoms with Crippen LogP contribution in [0, 0.1) is 6.92 Å². The molecule has 2 unspecified atom stereocenters. The quantitative estimate of drug-likeness (QED) is 0.407. The number of carbonyl (C=O) groups excluding carboxylic acids is 1. The Labute approximate surface area is 206 Å². The van der Waals surface area contributed by atoms with E-state index in [9.17, 15) is 4.79 Å². The molecule has 1 saturated heterocycles. The minimum atomic E-state index is -0.132. The second-order valence-electron chi connectivity index (χ2n) is 9.55. The van der Waals surface area contributed by atoms with Crippen LogP contribution in [0.15, 0.2) is 40.6 Å². The zero-order valence-electron chi connectivity index (χ0n) is 19.8. The van der Waals surface area contributed by atoms with E-state index in [1.54, 1.807) is 0 Å². The number of fused-ring (bicyclic) bond motifs is 1. The number of halogens is 1. The van der Waals surface area contributed by atoms with Crippen LogP contribution in [0.3, 0.4) is 0 Å². The van der Waals surface area contributed by atoms with Gasteiger partial charge in [-0.15, -0.1) is 0 Å². The van der Waals surface area contributed by atoms with Crippen molar-refractivity contribution in [3.05, 3.63) is 52.3 Å². The van der Waals surface area contributed by atoms with Gasteiger partial charge in [-0.25, -0.2) is 0 Å². The lowest BCUT2D eigenvalue weighted by Crippen LogP contribution is -2.52. The second kappa shape index (κ2) is 9.98. The van der Waals surface area contributed by atoms with Gasteiger partial charge in [0, 0.05) is 43.0 Å². The Morgan fingerprint density at radius 3 is 2.97 bits per heavy atom. The van der Waals surface area contributed by atoms with Crippen LogP contribution in [0.1, 0.15) is 47.2 Å². The molecule has 3 aliphatic heterocycles. The van der Waals surface area contributed by atoms with Crippen molar-refractivity contribution in [3.8, 4) is 0 Å². The van der Waals surface area contributed by atoms with Gasteiger partial charge in [-0.3, -0.25) is 20.2 Å². The molecule has 1 aromatic carbocycles. The van der Waals surface area contributed by atoms with E-state index in [0.29, 0.717) is 11.2 Å². The van der Waals surface area contributed by atoms with E-state index in [4.69, 9.17) is 21.3 Å². The molecule has 8 nitrogen and oxygen atoms in total. The molecule has 2 fully saturated rings. The van der Waals surface area contributed by atoms with Gasteiger partial charge >= 0.3 is 0 Å². The lowest BCUT2D eigenvalue weighted by molar-refractivity contribution is -0.0236. The molecule has 1 saturated carbocycles. The molecule has 3 N–H and O–H groups in total. The number of hydrogen-bond acceptors (Lipinski definition) is 7. The largest absolute Gasteiger partial charge is 0.376 e. The van der Waals surface area contributed by atoms with Crippen LogP contribution in [-0.2, 0) is 4.74 Å². The first-order valence-electron chi connectivity index (χ1n) is 12.1. The maximum atomic E-state index is 12.5. The number of aliphatic imine (C=N–C) groups is 1. The number of ether oxygens (including phenoxy) is 1. The van der Waals surface area contributed by atoms with Crippen LogP contribution in [0.5, 0.6) is 0 Å². The Kier molecular flexibility index (Phi) is 6.81. The zero-order valence-corrected chi connectivity index (χ0v) is 20.6. The molecular weight excluding hydrogens is 452 g/mol. The predicted molar refractivity (Wildman–Crippen MR) is 134 cm³/mol. The molecule has 2 atom stereocenters. The number of amides is 1. The lowest BCUT2D eigenvalue weighted by Gasteiger charge is -2.34. The molecule has 5 rings (SSSR count). The Morgan fingerprint density at radius 1 is 1.35 bits per heavy atom. The summed E-state index contributed by atoms with van der Waals surface area (Å²) >= 11 is 6.43. The van der Waals surface area contributed by atoms with E-state index < -0.39 is 0 Å². The average molecular weight is 485 g/mol. The van der Waals surface area contributed by atoms with Crippen LogP contribution in [0.2, 0.25) is 0 Å². The fourth-order valence-electron chi connectivity index (χ4n) is 4.63. The first-order chi connectivity index (χ1) is 16.5. The van der Waals surface area contributed by atoms with Crippen LogP contribution in [-0.4, -0.2) is 73.1 Å². The topological polar surface area (TPSA) is 81.2 Å². The van der Waals surface area contributed by atoms with E-state index >= 15 is 0 Å². The molecular formula is C25H33ClN6O2. The third-order valence-corrected chi connectivity index (χ3v) is 6.87. The van der Waals surface area contributed by atoms with Crippen LogP contribution in [0.25, 0.3) is 5.70 Å². The van der Waals surface area contributed by atoms with Gasteiger partial charge in [0.05, 0.1) is 24.1 Å². The summed E-state index contributed by atoms with van der Waals surface area (Å²) in [6.07, 6.45) is 8.14. The number of nitrogens with zero attached hydrogens (tertiary/aromatic N) is 3. The number of aryl methyl sites for hydroxylation is 1. The van der Waals surface area contributed by atoms with Crippen LogP contribution >= 0.6 is 11.6 Å². The standard InChI is InChI=1S/C25H33ClN6O2/c1-16-12-17(5-8-20(16)25(33)29-18-6-7-18)22-14-28-24-21(13-23(26)30-32(22)24)27-9-3-4-19-15-31(2)10-11-34-19/h5,8,12-14,18-19,24,28,30H,3-4,6-7,9-11,15H2,1-2H3,(H,29,33). The minimum Gasteiger partial charge on any atom is -0.376 e. The van der Waals surface area contributed by atoms with Crippen molar-refractivity contribution in [2.75, 3.05) is 33.3 Å². The Balaban J connectivity index is 1.23. The van der Waals surface area contributed by atoms with Gasteiger partial charge in [0.25, 0.3) is 5.91 Å². The molecule has 4 aliphatic rings. The summed E-state index contributed by atoms with van der Waals surface area (Å²) in [6, 6.07) is 6.27. The number of hydrogen-bond donors (Lipinski definition) is 3. The Hall–Kier alpha value is -2.55. The van der Waals surface area contributed by atoms with E-state index in [1.807, 2.05) is 42.4 Å². The molecule has 1 amide bonds. The monoisotopic (exact) mass is 484 g/mol. The number of rotatable bonds is 7. The van der Waals surface area contributed by atoms with Crippen molar-refractivity contribution in [1.29, 1.82) is 0 Å². The van der Waals surface area contributed by atoms with Gasteiger partial charge in [0.1, 0.15) is 5.16 Å². The molecule has 1 aromatic rings. The summed E-state index contributed by atoms with van der Waals surface area (Å²) in [5.41, 5.74) is 7.77. The fourth-order valence-corrected chi connectivity index (χ4v) is 4.83. The third kappa shape index (κ3) is 5.24. The highest BCUT2D eigenvalue weighted by atomic mass is 35.5. The fraction of sp³-hybridized carbons (Fsp3) is 0.520. The van der Waals surface area contributed by atoms with E-state index in [1.165, 1.54) is 0 Å². The Morgan fingerprint density at radius 2 is 2.21 bits per heavy atom. The second-order valence-corrected chi connectivity index (χ2v) is 9.96. The van der Waals surface area contributed by atoms with E-state index in [-0.39, 0.29) is 18.2 Å². The number of likely N-dealkylation sites (N-methyl/N-ethyl adjacent to an activating group) is 1. The summed E-state index contributed by atoms with van der Waals surface area (Å²) in [5.74, 6) is 0.00437. The van der Waals surface area contributed by atoms with Crippen LogP contribution < -0.4 is 16.1 Å². The van der Waals surface area contributed by atoms with Gasteiger partial charge in [-0.2, -0.15) is 0 Å². The first-order valence-corrected chi connectivity index (χ1v) is 12.5. The van der Waals surface area contributed by atoms with Crippen molar-refractivity contribution in [3.63, 3.8) is 0 Å². The number of hydrazine groups is 1. The first kappa shape index (κ1) is 23.2. The summed E-state index contributed by atoms with van der Waals surface area (Å²) in [7, 11) is 2.14. The number of carbonyl (C=O) groups is 1. The highest BCUT2D eigenvalue weighted by Crippen LogP contribution is 2.29. The number of benzene rings is 1. The normalized spacial score (nSPS) is 25.9. The third-order valence-electron chi connectivity index (χ3n) is 6.68. The molecule has 0 aromatic heterocycles. The van der Waals surface area contributed by atoms with Crippen LogP contribution in [0.4, 0.5) is 0 Å². The molecule has 9 heteroatoms. The predicted octanol–water partition coefficient (Wildman–Crippen LogP) is 2.57. The molecule has 182 valence electrons. The molecule has 0 bridgehead atoms. The summed E-state index contributed by atoms with van der Waals surface area (Å²) in [4.78, 5) is 19.7. The van der Waals surface area contributed by atoms with Gasteiger partial charge in [-0.05, 0) is 63.4 Å². The molecule has 3 heterocycles. The highest BCUT2D eigenvalue weighted by Gasteiger charge is 2.34. The SMILES string of the molecule is Cc1cc(C2=CNC3C(=NCCCC4CN(C)CCO4)C=C(Cl)NN23)ccc1C(=O)NC1CC1. The smallest absolute Gasteiger partial charge is 0.251 e. The summed E-state index contributed by atoms with van der Waals surface area (Å²) in [6.45, 7) is 5.50. The van der Waals surface area contributed by atoms with Crippen molar-refractivity contribution in [2.45, 2.75) is 50.9 Å². The zero-order chi connectivity index (χ0) is 23.7. The number of nitrogens with one attached hydrogen (secondary N) is 3. The Bertz CT molecular complexity index is 1030. The van der Waals surface area contributed by atoms with Crippen molar-refractivity contribution in [2.24, 2.45) is 4.99 Å². The van der Waals surface area contributed by atoms with E-state index in [0.717, 1.165) is 80.0 Å². The van der Waals surface area contributed by atoms with Crippen molar-refractivity contribution < 1.29 is 9.53 Å².